The molecule has 5 nitrogen and oxygen atoms in total. The van der Waals surface area contributed by atoms with Crippen molar-refractivity contribution in [1.82, 2.24) is 10.3 Å². The molecule has 0 aromatic carbocycles. The fourth-order valence-electron chi connectivity index (χ4n) is 1.04. The predicted octanol–water partition coefficient (Wildman–Crippen LogP) is 0.840. The minimum atomic E-state index is -4.54. The second kappa shape index (κ2) is 4.89. The second-order valence-corrected chi connectivity index (χ2v) is 3.18. The summed E-state index contributed by atoms with van der Waals surface area (Å²) in [6.07, 6.45) is -3.65. The summed E-state index contributed by atoms with van der Waals surface area (Å²) in [5.74, 6) is -0.366. The maximum Gasteiger partial charge on any atom is 0.433 e. The molecule has 94 valence electrons. The van der Waals surface area contributed by atoms with E-state index in [2.05, 4.69) is 15.6 Å². The molecule has 0 radical (unpaired) electrons. The lowest BCUT2D eigenvalue weighted by Gasteiger charge is -2.11. The van der Waals surface area contributed by atoms with E-state index in [1.807, 2.05) is 0 Å². The first-order chi connectivity index (χ1) is 7.84. The van der Waals surface area contributed by atoms with Gasteiger partial charge in [0.1, 0.15) is 5.69 Å². The molecule has 0 unspecified atom stereocenters. The van der Waals surface area contributed by atoms with Crippen LogP contribution in [0.3, 0.4) is 0 Å². The Morgan fingerprint density at radius 2 is 2.18 bits per heavy atom. The fraction of sp³-hybridized carbons (Fsp3) is 0.333. The number of hydrogen-bond donors (Lipinski definition) is 3. The smallest absolute Gasteiger partial charge is 0.396 e. The number of alkyl halides is 3. The Morgan fingerprint density at radius 3 is 2.71 bits per heavy atom. The molecular formula is C9H11F3N4O. The highest BCUT2D eigenvalue weighted by molar-refractivity contribution is 5.81. The monoisotopic (exact) mass is 248 g/mol. The highest BCUT2D eigenvalue weighted by Gasteiger charge is 2.32. The van der Waals surface area contributed by atoms with Crippen molar-refractivity contribution in [1.29, 1.82) is 0 Å². The highest BCUT2D eigenvalue weighted by Crippen LogP contribution is 2.30. The van der Waals surface area contributed by atoms with Gasteiger partial charge in [0.25, 0.3) is 0 Å². The molecule has 4 N–H and O–H groups in total. The van der Waals surface area contributed by atoms with Crippen LogP contribution >= 0.6 is 0 Å². The van der Waals surface area contributed by atoms with Gasteiger partial charge >= 0.3 is 6.18 Å². The van der Waals surface area contributed by atoms with E-state index in [4.69, 9.17) is 5.73 Å². The maximum absolute atomic E-state index is 12.4. The van der Waals surface area contributed by atoms with Crippen LogP contribution in [0, 0.1) is 0 Å². The lowest BCUT2D eigenvalue weighted by atomic mass is 10.2. The normalized spacial score (nSPS) is 11.1. The minimum Gasteiger partial charge on any atom is -0.396 e. The van der Waals surface area contributed by atoms with Crippen LogP contribution in [0.5, 0.6) is 0 Å². The largest absolute Gasteiger partial charge is 0.433 e. The summed E-state index contributed by atoms with van der Waals surface area (Å²) in [7, 11) is 1.42. The molecule has 8 heteroatoms. The van der Waals surface area contributed by atoms with Crippen LogP contribution in [0.1, 0.15) is 5.69 Å². The van der Waals surface area contributed by atoms with Crippen molar-refractivity contribution in [2.75, 3.05) is 24.6 Å². The van der Waals surface area contributed by atoms with Gasteiger partial charge < -0.3 is 16.4 Å². The minimum absolute atomic E-state index is 0.0240. The van der Waals surface area contributed by atoms with Gasteiger partial charge in [-0.1, -0.05) is 0 Å². The molecule has 1 aromatic heterocycles. The number of nitrogens with zero attached hydrogens (tertiary/aromatic N) is 1. The van der Waals surface area contributed by atoms with E-state index in [-0.39, 0.29) is 23.8 Å². The number of pyridine rings is 1. The molecular weight excluding hydrogens is 237 g/mol. The summed E-state index contributed by atoms with van der Waals surface area (Å²) in [5.41, 5.74) is 4.44. The quantitative estimate of drug-likeness (QED) is 0.740. The average Bonchev–Trinajstić information content (AvgIpc) is 2.26. The van der Waals surface area contributed by atoms with Gasteiger partial charge in [-0.3, -0.25) is 4.79 Å². The number of carbonyl (C=O) groups excluding carboxylic acids is 1. The van der Waals surface area contributed by atoms with Crippen LogP contribution in [-0.2, 0) is 11.0 Å². The van der Waals surface area contributed by atoms with Gasteiger partial charge in [0, 0.05) is 7.05 Å². The molecule has 0 fully saturated rings. The third-order valence-electron chi connectivity index (χ3n) is 1.94. The number of likely N-dealkylation sites (N-methyl/N-ethyl adjacent to an activating group) is 1. The summed E-state index contributed by atoms with van der Waals surface area (Å²) in [4.78, 5) is 14.1. The van der Waals surface area contributed by atoms with Gasteiger partial charge in [-0.15, -0.1) is 0 Å². The summed E-state index contributed by atoms with van der Waals surface area (Å²) in [5, 5.41) is 4.82. The van der Waals surface area contributed by atoms with E-state index in [0.717, 1.165) is 12.3 Å². The number of nitrogen functional groups attached to an aromatic ring is 1. The molecule has 0 saturated heterocycles. The number of nitrogens with two attached hydrogens (primary N) is 1. The van der Waals surface area contributed by atoms with E-state index in [1.165, 1.54) is 7.05 Å². The van der Waals surface area contributed by atoms with E-state index < -0.39 is 11.9 Å². The third kappa shape index (κ3) is 3.51. The number of amides is 1. The zero-order chi connectivity index (χ0) is 13.1. The van der Waals surface area contributed by atoms with E-state index in [1.54, 1.807) is 0 Å². The van der Waals surface area contributed by atoms with E-state index in [9.17, 15) is 18.0 Å². The Labute approximate surface area is 95.2 Å². The number of carbonyl (C=O) groups is 1. The summed E-state index contributed by atoms with van der Waals surface area (Å²) in [6.45, 7) is -0.165. The Kier molecular flexibility index (Phi) is 3.77. The molecule has 0 aliphatic carbocycles. The van der Waals surface area contributed by atoms with Crippen LogP contribution in [0.2, 0.25) is 0 Å². The SMILES string of the molecule is CNC(=O)CNc1cc(C(F)(F)F)ncc1N. The van der Waals surface area contributed by atoms with Crippen molar-refractivity contribution in [2.45, 2.75) is 6.18 Å². The first-order valence-electron chi connectivity index (χ1n) is 4.61. The molecule has 1 aromatic rings. The Hall–Kier alpha value is -1.99. The number of nitrogens with one attached hydrogen (secondary N) is 2. The van der Waals surface area contributed by atoms with E-state index in [0.29, 0.717) is 0 Å². The highest BCUT2D eigenvalue weighted by atomic mass is 19.4. The second-order valence-electron chi connectivity index (χ2n) is 3.18. The van der Waals surface area contributed by atoms with Crippen molar-refractivity contribution in [3.63, 3.8) is 0 Å². The molecule has 0 saturated carbocycles. The third-order valence-corrected chi connectivity index (χ3v) is 1.94. The summed E-state index contributed by atoms with van der Waals surface area (Å²) < 4.78 is 37.1. The van der Waals surface area contributed by atoms with Crippen molar-refractivity contribution in [2.24, 2.45) is 0 Å². The zero-order valence-electron chi connectivity index (χ0n) is 8.93. The van der Waals surface area contributed by atoms with Gasteiger partial charge in [0.05, 0.1) is 24.1 Å². The molecule has 0 bridgehead atoms. The molecule has 1 rings (SSSR count). The fourth-order valence-corrected chi connectivity index (χ4v) is 1.04. The van der Waals surface area contributed by atoms with Crippen LogP contribution in [-0.4, -0.2) is 24.5 Å². The zero-order valence-corrected chi connectivity index (χ0v) is 8.93. The van der Waals surface area contributed by atoms with Gasteiger partial charge in [0.2, 0.25) is 5.91 Å². The number of halogens is 3. The molecule has 0 spiro atoms. The molecule has 0 aliphatic rings. The molecule has 0 aliphatic heterocycles. The number of hydrogen-bond acceptors (Lipinski definition) is 4. The van der Waals surface area contributed by atoms with E-state index >= 15 is 0 Å². The maximum atomic E-state index is 12.4. The van der Waals surface area contributed by atoms with Crippen molar-refractivity contribution >= 4 is 17.3 Å². The average molecular weight is 248 g/mol. The first kappa shape index (κ1) is 13.1. The Bertz CT molecular complexity index is 419. The van der Waals surface area contributed by atoms with Crippen LogP contribution in [0.4, 0.5) is 24.5 Å². The number of anilines is 2. The standard InChI is InChI=1S/C9H11F3N4O/c1-14-8(17)4-15-6-2-7(9(10,11)12)16-3-5(6)13/h2-3H,4,13H2,1H3,(H,14,17)(H,15,16). The topological polar surface area (TPSA) is 80.0 Å². The molecule has 1 amide bonds. The van der Waals surface area contributed by atoms with Gasteiger partial charge in [-0.05, 0) is 6.07 Å². The Morgan fingerprint density at radius 1 is 1.53 bits per heavy atom. The van der Waals surface area contributed by atoms with Crippen LogP contribution in [0.15, 0.2) is 12.3 Å². The molecule has 1 heterocycles. The van der Waals surface area contributed by atoms with Crippen molar-refractivity contribution in [3.8, 4) is 0 Å². The van der Waals surface area contributed by atoms with Gasteiger partial charge in [0.15, 0.2) is 0 Å². The lowest BCUT2D eigenvalue weighted by Crippen LogP contribution is -2.26. The lowest BCUT2D eigenvalue weighted by molar-refractivity contribution is -0.141. The molecule has 0 atom stereocenters. The summed E-state index contributed by atoms with van der Waals surface area (Å²) >= 11 is 0. The van der Waals surface area contributed by atoms with Crippen molar-refractivity contribution < 1.29 is 18.0 Å². The van der Waals surface area contributed by atoms with Crippen LogP contribution in [0.25, 0.3) is 0 Å². The van der Waals surface area contributed by atoms with Gasteiger partial charge in [-0.2, -0.15) is 13.2 Å². The molecule has 17 heavy (non-hydrogen) atoms. The van der Waals surface area contributed by atoms with Crippen molar-refractivity contribution in [3.05, 3.63) is 18.0 Å². The Balaban J connectivity index is 2.88. The first-order valence-corrected chi connectivity index (χ1v) is 4.61. The predicted molar refractivity (Wildman–Crippen MR) is 56.2 cm³/mol. The number of rotatable bonds is 3. The van der Waals surface area contributed by atoms with Crippen LogP contribution < -0.4 is 16.4 Å². The number of aromatic nitrogens is 1. The van der Waals surface area contributed by atoms with Gasteiger partial charge in [-0.25, -0.2) is 4.98 Å². The summed E-state index contributed by atoms with van der Waals surface area (Å²) in [6, 6.07) is 0.762.